The van der Waals surface area contributed by atoms with E-state index in [9.17, 15) is 24.8 Å². The van der Waals surface area contributed by atoms with Crippen molar-refractivity contribution in [2.75, 3.05) is 7.05 Å². The molecule has 25 heavy (non-hydrogen) atoms. The number of benzene rings is 1. The quantitative estimate of drug-likeness (QED) is 0.519. The lowest BCUT2D eigenvalue weighted by atomic mass is 9.95. The van der Waals surface area contributed by atoms with Crippen molar-refractivity contribution in [3.05, 3.63) is 74.9 Å². The van der Waals surface area contributed by atoms with E-state index in [2.05, 4.69) is 0 Å². The highest BCUT2D eigenvalue weighted by molar-refractivity contribution is 6.14. The molecule has 0 saturated carbocycles. The predicted octanol–water partition coefficient (Wildman–Crippen LogP) is 2.70. The van der Waals surface area contributed by atoms with E-state index >= 15 is 0 Å². The van der Waals surface area contributed by atoms with Crippen LogP contribution in [0.4, 0.5) is 5.69 Å². The first-order chi connectivity index (χ1) is 11.8. The summed E-state index contributed by atoms with van der Waals surface area (Å²) in [5.41, 5.74) is 0.242. The molecule has 2 aromatic rings. The van der Waals surface area contributed by atoms with Crippen LogP contribution in [0.3, 0.4) is 0 Å². The third-order valence-electron chi connectivity index (χ3n) is 4.07. The second kappa shape index (κ2) is 5.90. The Kier molecular flexibility index (Phi) is 3.88. The average molecular weight is 342 g/mol. The lowest BCUT2D eigenvalue weighted by molar-refractivity contribution is -0.384. The molecule has 1 aromatic carbocycles. The number of aliphatic hydroxyl groups is 1. The molecular formula is C17H14N2O6. The molecule has 3 rings (SSSR count). The number of hydrogen-bond donors (Lipinski definition) is 1. The number of likely N-dealkylation sites (N-methyl/N-ethyl adjacent to an activating group) is 1. The van der Waals surface area contributed by atoms with Crippen molar-refractivity contribution in [3.8, 4) is 0 Å². The molecule has 0 radical (unpaired) electrons. The maximum atomic E-state index is 12.7. The van der Waals surface area contributed by atoms with Gasteiger partial charge in [-0.15, -0.1) is 0 Å². The van der Waals surface area contributed by atoms with Crippen molar-refractivity contribution in [1.29, 1.82) is 0 Å². The fourth-order valence-electron chi connectivity index (χ4n) is 2.81. The molecule has 1 amide bonds. The van der Waals surface area contributed by atoms with Gasteiger partial charge in [-0.25, -0.2) is 0 Å². The first kappa shape index (κ1) is 16.4. The van der Waals surface area contributed by atoms with Crippen molar-refractivity contribution < 1.29 is 24.0 Å². The Hall–Kier alpha value is -3.42. The van der Waals surface area contributed by atoms with E-state index < -0.39 is 28.4 Å². The number of non-ortho nitro benzene ring substituents is 1. The van der Waals surface area contributed by atoms with E-state index in [1.165, 1.54) is 42.3 Å². The van der Waals surface area contributed by atoms with E-state index in [1.54, 1.807) is 13.0 Å². The van der Waals surface area contributed by atoms with Gasteiger partial charge in [-0.3, -0.25) is 19.7 Å². The van der Waals surface area contributed by atoms with Gasteiger partial charge >= 0.3 is 0 Å². The van der Waals surface area contributed by atoms with Crippen molar-refractivity contribution in [3.63, 3.8) is 0 Å². The normalized spacial score (nSPS) is 17.3. The Morgan fingerprint density at radius 3 is 2.40 bits per heavy atom. The van der Waals surface area contributed by atoms with Crippen LogP contribution in [-0.2, 0) is 4.79 Å². The first-order valence-electron chi connectivity index (χ1n) is 7.37. The number of ketones is 1. The highest BCUT2D eigenvalue weighted by atomic mass is 16.6. The van der Waals surface area contributed by atoms with E-state index in [0.717, 1.165) is 0 Å². The lowest BCUT2D eigenvalue weighted by Gasteiger charge is -2.22. The maximum Gasteiger partial charge on any atom is 0.289 e. The van der Waals surface area contributed by atoms with Gasteiger partial charge in [-0.1, -0.05) is 0 Å². The summed E-state index contributed by atoms with van der Waals surface area (Å²) < 4.78 is 5.30. The summed E-state index contributed by atoms with van der Waals surface area (Å²) in [4.78, 5) is 36.3. The minimum Gasteiger partial charge on any atom is -0.503 e. The van der Waals surface area contributed by atoms with Crippen molar-refractivity contribution in [2.45, 2.75) is 13.0 Å². The molecule has 8 heteroatoms. The molecule has 8 nitrogen and oxygen atoms in total. The summed E-state index contributed by atoms with van der Waals surface area (Å²) in [6, 6.07) is 7.67. The number of nitro benzene ring substituents is 1. The van der Waals surface area contributed by atoms with E-state index in [4.69, 9.17) is 4.42 Å². The van der Waals surface area contributed by atoms with Crippen LogP contribution in [0, 0.1) is 17.0 Å². The monoisotopic (exact) mass is 342 g/mol. The van der Waals surface area contributed by atoms with E-state index in [1.807, 2.05) is 0 Å². The largest absolute Gasteiger partial charge is 0.503 e. The van der Waals surface area contributed by atoms with Gasteiger partial charge in [0.15, 0.2) is 11.5 Å². The number of carbonyl (C=O) groups is 2. The molecular weight excluding hydrogens is 328 g/mol. The average Bonchev–Trinajstić information content (AvgIpc) is 3.12. The SMILES string of the molecule is Cc1ccc(C(=O)C2=C(O)C(=O)N(C)C2c2ccc([N+](=O)[O-])cc2)o1. The summed E-state index contributed by atoms with van der Waals surface area (Å²) in [6.07, 6.45) is 0. The summed E-state index contributed by atoms with van der Waals surface area (Å²) >= 11 is 0. The van der Waals surface area contributed by atoms with Gasteiger partial charge in [0.25, 0.3) is 11.6 Å². The number of nitro groups is 1. The Bertz CT molecular complexity index is 909. The maximum absolute atomic E-state index is 12.7. The Morgan fingerprint density at radius 1 is 1.24 bits per heavy atom. The van der Waals surface area contributed by atoms with Gasteiger partial charge in [-0.2, -0.15) is 0 Å². The second-order valence-corrected chi connectivity index (χ2v) is 5.67. The summed E-state index contributed by atoms with van der Waals surface area (Å²) in [5.74, 6) is -1.42. The number of carbonyl (C=O) groups excluding carboxylic acids is 2. The van der Waals surface area contributed by atoms with Crippen molar-refractivity contribution in [1.82, 2.24) is 4.90 Å². The van der Waals surface area contributed by atoms with Crippen LogP contribution < -0.4 is 0 Å². The molecule has 1 N–H and O–H groups in total. The zero-order chi connectivity index (χ0) is 18.3. The minimum absolute atomic E-state index is 0.00839. The standard InChI is InChI=1S/C17H14N2O6/c1-9-3-8-12(25-9)15(20)13-14(18(2)17(22)16(13)21)10-4-6-11(7-5-10)19(23)24/h3-8,14,21H,1-2H3. The smallest absolute Gasteiger partial charge is 0.289 e. The van der Waals surface area contributed by atoms with E-state index in [-0.39, 0.29) is 17.0 Å². The fourth-order valence-corrected chi connectivity index (χ4v) is 2.81. The number of rotatable bonds is 4. The number of hydrogen-bond acceptors (Lipinski definition) is 6. The van der Waals surface area contributed by atoms with Crippen molar-refractivity contribution in [2.24, 2.45) is 0 Å². The fraction of sp³-hybridized carbons (Fsp3) is 0.176. The number of amides is 1. The highest BCUT2D eigenvalue weighted by Crippen LogP contribution is 2.38. The van der Waals surface area contributed by atoms with Crippen molar-refractivity contribution >= 4 is 17.4 Å². The zero-order valence-corrected chi connectivity index (χ0v) is 13.4. The van der Waals surface area contributed by atoms with Gasteiger partial charge in [0, 0.05) is 19.2 Å². The summed E-state index contributed by atoms with van der Waals surface area (Å²) in [5, 5.41) is 20.9. The Labute approximate surface area is 142 Å². The van der Waals surface area contributed by atoms with Crippen LogP contribution >= 0.6 is 0 Å². The van der Waals surface area contributed by atoms with Gasteiger partial charge < -0.3 is 14.4 Å². The molecule has 2 heterocycles. The molecule has 0 spiro atoms. The highest BCUT2D eigenvalue weighted by Gasteiger charge is 2.42. The number of aryl methyl sites for hydroxylation is 1. The van der Waals surface area contributed by atoms with Crippen LogP contribution in [0.1, 0.15) is 27.9 Å². The summed E-state index contributed by atoms with van der Waals surface area (Å²) in [6.45, 7) is 1.67. The third-order valence-corrected chi connectivity index (χ3v) is 4.07. The van der Waals surface area contributed by atoms with Gasteiger partial charge in [-0.05, 0) is 36.8 Å². The molecule has 1 aliphatic rings. The van der Waals surface area contributed by atoms with Gasteiger partial charge in [0.1, 0.15) is 5.76 Å². The molecule has 0 aliphatic carbocycles. The zero-order valence-electron chi connectivity index (χ0n) is 13.4. The number of Topliss-reactive ketones (excluding diaryl/α,β-unsaturated/α-hetero) is 1. The number of aliphatic hydroxyl groups excluding tert-OH is 1. The van der Waals surface area contributed by atoms with Crippen LogP contribution in [0.15, 0.2) is 52.1 Å². The van der Waals surface area contributed by atoms with E-state index in [0.29, 0.717) is 11.3 Å². The molecule has 1 aliphatic heterocycles. The predicted molar refractivity (Wildman–Crippen MR) is 86.0 cm³/mol. The summed E-state index contributed by atoms with van der Waals surface area (Å²) in [7, 11) is 1.44. The lowest BCUT2D eigenvalue weighted by Crippen LogP contribution is -2.26. The molecule has 1 atom stereocenters. The third kappa shape index (κ3) is 2.67. The Morgan fingerprint density at radius 2 is 1.88 bits per heavy atom. The molecule has 1 aromatic heterocycles. The van der Waals surface area contributed by atoms with Crippen LogP contribution in [0.5, 0.6) is 0 Å². The minimum atomic E-state index is -0.855. The molecule has 0 fully saturated rings. The van der Waals surface area contributed by atoms with Crippen LogP contribution in [-0.4, -0.2) is 33.7 Å². The molecule has 0 saturated heterocycles. The number of nitrogens with zero attached hydrogens (tertiary/aromatic N) is 2. The molecule has 1 unspecified atom stereocenters. The Balaban J connectivity index is 2.05. The number of furan rings is 1. The van der Waals surface area contributed by atoms with Gasteiger partial charge in [0.05, 0.1) is 16.5 Å². The van der Waals surface area contributed by atoms with Crippen LogP contribution in [0.2, 0.25) is 0 Å². The topological polar surface area (TPSA) is 114 Å². The molecule has 128 valence electrons. The van der Waals surface area contributed by atoms with Gasteiger partial charge in [0.2, 0.25) is 5.78 Å². The first-order valence-corrected chi connectivity index (χ1v) is 7.37. The molecule has 0 bridgehead atoms. The van der Waals surface area contributed by atoms with Crippen LogP contribution in [0.25, 0.3) is 0 Å². The second-order valence-electron chi connectivity index (χ2n) is 5.67.